The van der Waals surface area contributed by atoms with E-state index in [0.717, 1.165) is 12.8 Å². The van der Waals surface area contributed by atoms with Crippen LogP contribution in [0.25, 0.3) is 0 Å². The third-order valence-electron chi connectivity index (χ3n) is 1.33. The molecule has 0 aromatic rings. The summed E-state index contributed by atoms with van der Waals surface area (Å²) in [5.74, 6) is -0.217. The molecule has 0 heterocycles. The van der Waals surface area contributed by atoms with Gasteiger partial charge in [0, 0.05) is 0 Å². The fraction of sp³-hybridized carbons (Fsp3) is 0.625. The van der Waals surface area contributed by atoms with Crippen LogP contribution < -0.4 is 0 Å². The number of unbranched alkanes of at least 4 members (excludes halogenated alkanes) is 1. The molecule has 0 atom stereocenters. The van der Waals surface area contributed by atoms with E-state index in [4.69, 9.17) is 0 Å². The molecule has 11 heavy (non-hydrogen) atoms. The normalized spacial score (nSPS) is 9.27. The molecule has 0 radical (unpaired) electrons. The summed E-state index contributed by atoms with van der Waals surface area (Å²) in [6.07, 6.45) is 2.33. The van der Waals surface area contributed by atoms with Gasteiger partial charge in [0.1, 0.15) is 0 Å². The molecule has 0 aromatic heterocycles. The van der Waals surface area contributed by atoms with Crippen molar-refractivity contribution < 1.29 is 25.4 Å². The van der Waals surface area contributed by atoms with Crippen LogP contribution in [0.3, 0.4) is 0 Å². The molecule has 0 saturated heterocycles. The average molecular weight is 192 g/mol. The molecular weight excluding hydrogens is 180 g/mol. The molecule has 0 spiro atoms. The molecule has 0 amide bonds. The van der Waals surface area contributed by atoms with Crippen LogP contribution in [0.15, 0.2) is 0 Å². The second-order valence-corrected chi connectivity index (χ2v) is 3.05. The molecule has 0 bridgehead atoms. The molecule has 0 aliphatic rings. The molecule has 3 heteroatoms. The Bertz CT molecular complexity index is 185. The molecule has 0 N–H and O–H groups in total. The molecular formula is C8H12CrO2. The van der Waals surface area contributed by atoms with Gasteiger partial charge in [0.05, 0.1) is 0 Å². The summed E-state index contributed by atoms with van der Waals surface area (Å²) in [7, 11) is 0. The Morgan fingerprint density at radius 1 is 1.36 bits per heavy atom. The molecule has 0 saturated carbocycles. The van der Waals surface area contributed by atoms with Crippen LogP contribution in [0.5, 0.6) is 0 Å². The fourth-order valence-corrected chi connectivity index (χ4v) is 0.807. The molecule has 0 aromatic carbocycles. The van der Waals surface area contributed by atoms with E-state index >= 15 is 0 Å². The van der Waals surface area contributed by atoms with Crippen LogP contribution in [-0.2, 0) is 25.4 Å². The zero-order chi connectivity index (χ0) is 8.85. The van der Waals surface area contributed by atoms with E-state index in [-0.39, 0.29) is 15.9 Å². The van der Waals surface area contributed by atoms with E-state index in [9.17, 15) is 9.59 Å². The van der Waals surface area contributed by atoms with Gasteiger partial charge in [-0.2, -0.15) is 0 Å². The quantitative estimate of drug-likeness (QED) is 0.610. The summed E-state index contributed by atoms with van der Waals surface area (Å²) < 4.78 is 0.262. The fourth-order valence-electron chi connectivity index (χ4n) is 0.647. The number of Topliss-reactive ketones (excluding diaryl/α,β-unsaturated/α-hetero) is 2. The Morgan fingerprint density at radius 2 is 1.91 bits per heavy atom. The SMILES string of the molecule is CCCCC(=O)[C](=[Cr])C(C)=O. The first kappa shape index (κ1) is 10.7. The van der Waals surface area contributed by atoms with Crippen molar-refractivity contribution in [1.29, 1.82) is 0 Å². The Hall–Kier alpha value is -0.258. The Kier molecular flexibility index (Phi) is 5.27. The minimum atomic E-state index is -0.161. The maximum absolute atomic E-state index is 11.1. The first-order valence-corrected chi connectivity index (χ1v) is 4.31. The predicted octanol–water partition coefficient (Wildman–Crippen LogP) is 1.05. The van der Waals surface area contributed by atoms with Crippen molar-refractivity contribution in [2.24, 2.45) is 0 Å². The van der Waals surface area contributed by atoms with Gasteiger partial charge < -0.3 is 0 Å². The van der Waals surface area contributed by atoms with Gasteiger partial charge in [-0.1, -0.05) is 0 Å². The van der Waals surface area contributed by atoms with Gasteiger partial charge in [-0.15, -0.1) is 0 Å². The van der Waals surface area contributed by atoms with Gasteiger partial charge in [0.25, 0.3) is 0 Å². The third-order valence-corrected chi connectivity index (χ3v) is 2.13. The van der Waals surface area contributed by atoms with Crippen LogP contribution in [-0.4, -0.2) is 15.9 Å². The monoisotopic (exact) mass is 192 g/mol. The number of ketones is 2. The van der Waals surface area contributed by atoms with E-state index in [1.54, 1.807) is 0 Å². The number of hydrogen-bond acceptors (Lipinski definition) is 2. The molecule has 0 aliphatic carbocycles. The third kappa shape index (κ3) is 4.24. The van der Waals surface area contributed by atoms with Crippen molar-refractivity contribution >= 4 is 15.9 Å². The number of rotatable bonds is 5. The Morgan fingerprint density at radius 3 is 2.27 bits per heavy atom. The molecule has 2 nitrogen and oxygen atoms in total. The van der Waals surface area contributed by atoms with Crippen LogP contribution in [0.2, 0.25) is 0 Å². The van der Waals surface area contributed by atoms with E-state index < -0.39 is 0 Å². The first-order chi connectivity index (χ1) is 5.09. The van der Waals surface area contributed by atoms with Crippen LogP contribution in [0.4, 0.5) is 0 Å². The minimum absolute atomic E-state index is 0.0562. The van der Waals surface area contributed by atoms with Gasteiger partial charge in [-0.25, -0.2) is 0 Å². The van der Waals surface area contributed by atoms with Gasteiger partial charge in [0.15, 0.2) is 0 Å². The standard InChI is InChI=1S/C8H12O2.Cr/c1-3-4-5-8(10)6-7(2)9;/h3-5H2,1-2H3;. The van der Waals surface area contributed by atoms with Crippen LogP contribution >= 0.6 is 0 Å². The maximum atomic E-state index is 11.1. The number of hydrogen-bond donors (Lipinski definition) is 0. The van der Waals surface area contributed by atoms with Gasteiger partial charge >= 0.3 is 74.5 Å². The Labute approximate surface area is 74.9 Å². The predicted molar refractivity (Wildman–Crippen MR) is 40.2 cm³/mol. The van der Waals surface area contributed by atoms with Crippen molar-refractivity contribution in [3.63, 3.8) is 0 Å². The van der Waals surface area contributed by atoms with E-state index in [1.165, 1.54) is 6.92 Å². The van der Waals surface area contributed by atoms with Gasteiger partial charge in [0.2, 0.25) is 0 Å². The summed E-state index contributed by atoms with van der Waals surface area (Å²) in [5, 5.41) is 0. The summed E-state index contributed by atoms with van der Waals surface area (Å²) in [4.78, 5) is 21.7. The molecule has 0 rings (SSSR count). The van der Waals surface area contributed by atoms with Crippen molar-refractivity contribution in [1.82, 2.24) is 0 Å². The first-order valence-electron chi connectivity index (χ1n) is 3.67. The van der Waals surface area contributed by atoms with Crippen molar-refractivity contribution in [3.05, 3.63) is 0 Å². The second-order valence-electron chi connectivity index (χ2n) is 2.41. The Balaban J connectivity index is 3.84. The zero-order valence-corrected chi connectivity index (χ0v) is 8.12. The molecule has 62 valence electrons. The van der Waals surface area contributed by atoms with E-state index in [1.807, 2.05) is 6.92 Å². The number of carbonyl (C=O) groups is 2. The van der Waals surface area contributed by atoms with E-state index in [2.05, 4.69) is 15.9 Å². The zero-order valence-electron chi connectivity index (χ0n) is 6.85. The molecule has 0 fully saturated rings. The number of carbonyl (C=O) groups excluding carboxylic acids is 2. The molecule has 0 aliphatic heterocycles. The summed E-state index contributed by atoms with van der Waals surface area (Å²) in [5.41, 5.74) is 0. The van der Waals surface area contributed by atoms with Crippen LogP contribution in [0.1, 0.15) is 33.1 Å². The molecule has 0 unspecified atom stereocenters. The summed E-state index contributed by atoms with van der Waals surface area (Å²) in [6, 6.07) is 0. The summed E-state index contributed by atoms with van der Waals surface area (Å²) in [6.45, 7) is 3.41. The average Bonchev–Trinajstić information content (AvgIpc) is 1.98. The van der Waals surface area contributed by atoms with Gasteiger partial charge in [-0.3, -0.25) is 0 Å². The van der Waals surface area contributed by atoms with E-state index in [0.29, 0.717) is 6.42 Å². The van der Waals surface area contributed by atoms with Crippen molar-refractivity contribution in [2.45, 2.75) is 33.1 Å². The topological polar surface area (TPSA) is 34.1 Å². The van der Waals surface area contributed by atoms with Crippen molar-refractivity contribution in [3.8, 4) is 0 Å². The second kappa shape index (κ2) is 5.40. The summed E-state index contributed by atoms with van der Waals surface area (Å²) >= 11 is 2.50. The van der Waals surface area contributed by atoms with Gasteiger partial charge in [-0.05, 0) is 0 Å². The van der Waals surface area contributed by atoms with Crippen molar-refractivity contribution in [2.75, 3.05) is 0 Å². The van der Waals surface area contributed by atoms with Crippen LogP contribution in [0, 0.1) is 0 Å².